The van der Waals surface area contributed by atoms with Gasteiger partial charge in [-0.1, -0.05) is 11.6 Å². The summed E-state index contributed by atoms with van der Waals surface area (Å²) in [6, 6.07) is 4.50. The molecule has 0 aliphatic rings. The average molecular weight is 234 g/mol. The summed E-state index contributed by atoms with van der Waals surface area (Å²) in [4.78, 5) is 0. The van der Waals surface area contributed by atoms with Crippen molar-refractivity contribution >= 4 is 27.5 Å². The SMILES string of the molecule is N#Cc1ccc(Cl)c(Br)c1F. The van der Waals surface area contributed by atoms with Crippen molar-refractivity contribution in [1.82, 2.24) is 0 Å². The first-order chi connectivity index (χ1) is 5.16. The highest BCUT2D eigenvalue weighted by Gasteiger charge is 2.08. The molecule has 0 aliphatic heterocycles. The van der Waals surface area contributed by atoms with Crippen LogP contribution in [-0.4, -0.2) is 0 Å². The van der Waals surface area contributed by atoms with Crippen LogP contribution < -0.4 is 0 Å². The highest BCUT2D eigenvalue weighted by molar-refractivity contribution is 9.10. The van der Waals surface area contributed by atoms with E-state index in [-0.39, 0.29) is 15.1 Å². The van der Waals surface area contributed by atoms with Crippen LogP contribution in [0, 0.1) is 17.1 Å². The van der Waals surface area contributed by atoms with Crippen molar-refractivity contribution in [2.45, 2.75) is 0 Å². The maximum absolute atomic E-state index is 12.9. The second-order valence-electron chi connectivity index (χ2n) is 1.83. The van der Waals surface area contributed by atoms with Crippen LogP contribution in [0.15, 0.2) is 16.6 Å². The van der Waals surface area contributed by atoms with Gasteiger partial charge in [-0.25, -0.2) is 4.39 Å². The Morgan fingerprint density at radius 1 is 1.55 bits per heavy atom. The first-order valence-corrected chi connectivity index (χ1v) is 3.87. The molecular formula is C7H2BrClFN. The summed E-state index contributed by atoms with van der Waals surface area (Å²) in [5.74, 6) is -0.611. The predicted octanol–water partition coefficient (Wildman–Crippen LogP) is 3.11. The maximum atomic E-state index is 12.9. The lowest BCUT2D eigenvalue weighted by Gasteiger charge is -1.97. The van der Waals surface area contributed by atoms with Gasteiger partial charge in [0.25, 0.3) is 0 Å². The van der Waals surface area contributed by atoms with Gasteiger partial charge < -0.3 is 0 Å². The van der Waals surface area contributed by atoms with Gasteiger partial charge in [-0.3, -0.25) is 0 Å². The molecule has 1 rings (SSSR count). The standard InChI is InChI=1S/C7H2BrClFN/c8-6-5(9)2-1-4(3-11)7(6)10/h1-2H. The van der Waals surface area contributed by atoms with Crippen LogP contribution in [0.5, 0.6) is 0 Å². The first kappa shape index (κ1) is 8.51. The maximum Gasteiger partial charge on any atom is 0.156 e. The summed E-state index contributed by atoms with van der Waals surface area (Å²) >= 11 is 8.46. The van der Waals surface area contributed by atoms with E-state index in [9.17, 15) is 4.39 Å². The zero-order valence-electron chi connectivity index (χ0n) is 5.24. The fourth-order valence-corrected chi connectivity index (χ4v) is 1.10. The summed E-state index contributed by atoms with van der Waals surface area (Å²) in [6.07, 6.45) is 0. The molecule has 0 unspecified atom stereocenters. The molecule has 0 spiro atoms. The fraction of sp³-hybridized carbons (Fsp3) is 0. The van der Waals surface area contributed by atoms with E-state index in [1.54, 1.807) is 6.07 Å². The van der Waals surface area contributed by atoms with Gasteiger partial charge in [0.05, 0.1) is 15.1 Å². The van der Waals surface area contributed by atoms with Crippen LogP contribution >= 0.6 is 27.5 Å². The van der Waals surface area contributed by atoms with Gasteiger partial charge in [0.2, 0.25) is 0 Å². The third-order valence-electron chi connectivity index (χ3n) is 1.16. The molecule has 0 bridgehead atoms. The lowest BCUT2D eigenvalue weighted by molar-refractivity contribution is 0.617. The monoisotopic (exact) mass is 233 g/mol. The molecule has 1 aromatic rings. The minimum Gasteiger partial charge on any atom is -0.204 e. The molecular weight excluding hydrogens is 232 g/mol. The summed E-state index contributed by atoms with van der Waals surface area (Å²) < 4.78 is 13.0. The Balaban J connectivity index is 3.40. The second-order valence-corrected chi connectivity index (χ2v) is 3.03. The molecule has 0 heterocycles. The number of rotatable bonds is 0. The largest absolute Gasteiger partial charge is 0.204 e. The fourth-order valence-electron chi connectivity index (χ4n) is 0.612. The van der Waals surface area contributed by atoms with Crippen LogP contribution in [-0.2, 0) is 0 Å². The van der Waals surface area contributed by atoms with Crippen LogP contribution in [0.25, 0.3) is 0 Å². The van der Waals surface area contributed by atoms with Gasteiger partial charge in [0, 0.05) is 0 Å². The van der Waals surface area contributed by atoms with E-state index in [1.807, 2.05) is 0 Å². The molecule has 4 heteroatoms. The molecule has 0 amide bonds. The molecule has 11 heavy (non-hydrogen) atoms. The molecule has 0 fully saturated rings. The van der Waals surface area contributed by atoms with E-state index in [1.165, 1.54) is 12.1 Å². The summed E-state index contributed by atoms with van der Waals surface area (Å²) in [6.45, 7) is 0. The van der Waals surface area contributed by atoms with Crippen molar-refractivity contribution in [3.05, 3.63) is 33.0 Å². The average Bonchev–Trinajstić information content (AvgIpc) is 2.01. The molecule has 1 nitrogen and oxygen atoms in total. The number of nitrogens with zero attached hydrogens (tertiary/aromatic N) is 1. The Kier molecular flexibility index (Phi) is 2.48. The van der Waals surface area contributed by atoms with Crippen molar-refractivity contribution in [2.75, 3.05) is 0 Å². The highest BCUT2D eigenvalue weighted by Crippen LogP contribution is 2.26. The van der Waals surface area contributed by atoms with Gasteiger partial charge in [-0.15, -0.1) is 0 Å². The van der Waals surface area contributed by atoms with E-state index in [4.69, 9.17) is 16.9 Å². The molecule has 0 saturated heterocycles. The van der Waals surface area contributed by atoms with Crippen molar-refractivity contribution in [3.8, 4) is 6.07 Å². The molecule has 0 N–H and O–H groups in total. The van der Waals surface area contributed by atoms with Crippen LogP contribution in [0.4, 0.5) is 4.39 Å². The third kappa shape index (κ3) is 1.52. The van der Waals surface area contributed by atoms with Gasteiger partial charge in [0.1, 0.15) is 6.07 Å². The number of hydrogen-bond donors (Lipinski definition) is 0. The van der Waals surface area contributed by atoms with E-state index in [0.717, 1.165) is 0 Å². The lowest BCUT2D eigenvalue weighted by atomic mass is 10.2. The number of hydrogen-bond acceptors (Lipinski definition) is 1. The Morgan fingerprint density at radius 3 is 2.73 bits per heavy atom. The number of nitriles is 1. The quantitative estimate of drug-likeness (QED) is 0.633. The van der Waals surface area contributed by atoms with Crippen molar-refractivity contribution in [2.24, 2.45) is 0 Å². The topological polar surface area (TPSA) is 23.8 Å². The lowest BCUT2D eigenvalue weighted by Crippen LogP contribution is -1.84. The van der Waals surface area contributed by atoms with E-state index < -0.39 is 5.82 Å². The van der Waals surface area contributed by atoms with Gasteiger partial charge in [-0.2, -0.15) is 5.26 Å². The highest BCUT2D eigenvalue weighted by atomic mass is 79.9. The van der Waals surface area contributed by atoms with Gasteiger partial charge in [-0.05, 0) is 28.1 Å². The minimum absolute atomic E-state index is 0.0127. The molecule has 1 aromatic carbocycles. The zero-order chi connectivity index (χ0) is 8.43. The zero-order valence-corrected chi connectivity index (χ0v) is 7.58. The van der Waals surface area contributed by atoms with Crippen molar-refractivity contribution in [1.29, 1.82) is 5.26 Å². The van der Waals surface area contributed by atoms with Crippen molar-refractivity contribution in [3.63, 3.8) is 0 Å². The van der Waals surface area contributed by atoms with E-state index in [2.05, 4.69) is 15.9 Å². The van der Waals surface area contributed by atoms with Crippen LogP contribution in [0.1, 0.15) is 5.56 Å². The Hall–Kier alpha value is -0.590. The summed E-state index contributed by atoms with van der Waals surface area (Å²) in [5, 5.41) is 8.65. The Bertz CT molecular complexity index is 332. The van der Waals surface area contributed by atoms with Crippen molar-refractivity contribution < 1.29 is 4.39 Å². The number of halogens is 3. The van der Waals surface area contributed by atoms with Gasteiger partial charge >= 0.3 is 0 Å². The van der Waals surface area contributed by atoms with E-state index >= 15 is 0 Å². The van der Waals surface area contributed by atoms with E-state index in [0.29, 0.717) is 0 Å². The molecule has 0 atom stereocenters. The molecule has 0 saturated carbocycles. The summed E-state index contributed by atoms with van der Waals surface area (Å²) in [5.41, 5.74) is -0.0127. The summed E-state index contributed by atoms with van der Waals surface area (Å²) in [7, 11) is 0. The Labute approximate surface area is 76.5 Å². The Morgan fingerprint density at radius 2 is 2.18 bits per heavy atom. The van der Waals surface area contributed by atoms with Gasteiger partial charge in [0.15, 0.2) is 5.82 Å². The molecule has 0 aliphatic carbocycles. The van der Waals surface area contributed by atoms with Crippen LogP contribution in [0.2, 0.25) is 5.02 Å². The first-order valence-electron chi connectivity index (χ1n) is 2.70. The third-order valence-corrected chi connectivity index (χ3v) is 2.47. The molecule has 56 valence electrons. The second kappa shape index (κ2) is 3.21. The smallest absolute Gasteiger partial charge is 0.156 e. The molecule has 0 radical (unpaired) electrons. The predicted molar refractivity (Wildman–Crippen MR) is 43.8 cm³/mol. The number of benzene rings is 1. The minimum atomic E-state index is -0.611. The van der Waals surface area contributed by atoms with Crippen LogP contribution in [0.3, 0.4) is 0 Å². The molecule has 0 aromatic heterocycles. The normalized spacial score (nSPS) is 9.27.